The lowest BCUT2D eigenvalue weighted by Gasteiger charge is -2.45. The monoisotopic (exact) mass is 515 g/mol. The average molecular weight is 516 g/mol. The quantitative estimate of drug-likeness (QED) is 0.301. The third kappa shape index (κ3) is 4.64. The second-order valence-corrected chi connectivity index (χ2v) is 8.91. The Hall–Kier alpha value is -4.13. The molecule has 0 aromatic heterocycles. The molecule has 4 rings (SSSR count). The van der Waals surface area contributed by atoms with E-state index in [1.165, 1.54) is 0 Å². The zero-order valence-corrected chi connectivity index (χ0v) is 21.9. The lowest BCUT2D eigenvalue weighted by atomic mass is 9.70. The highest BCUT2D eigenvalue weighted by molar-refractivity contribution is 5.96. The second-order valence-electron chi connectivity index (χ2n) is 8.91. The van der Waals surface area contributed by atoms with Crippen LogP contribution < -0.4 is 4.90 Å². The number of benzene rings is 3. The van der Waals surface area contributed by atoms with Crippen LogP contribution in [0, 0.1) is 11.8 Å². The number of rotatable bonds is 9. The molecule has 7 nitrogen and oxygen atoms in total. The molecular formula is C31H33NO6. The fourth-order valence-electron chi connectivity index (χ4n) is 5.65. The highest BCUT2D eigenvalue weighted by Gasteiger charge is 2.68. The molecule has 3 unspecified atom stereocenters. The van der Waals surface area contributed by atoms with Gasteiger partial charge in [-0.1, -0.05) is 78.9 Å². The van der Waals surface area contributed by atoms with E-state index in [0.717, 1.165) is 11.1 Å². The molecule has 1 heterocycles. The second kappa shape index (κ2) is 11.9. The molecule has 1 aliphatic heterocycles. The van der Waals surface area contributed by atoms with Gasteiger partial charge in [-0.25, -0.2) is 4.79 Å². The standard InChI is InChI=1S/C31H33NO6/c1-4-36-28(33)25-26(29(34)37-5-2)31(22-16-10-7-11-17-22,23-18-12-8-13-19-23)32(24-20-14-9-15-21-24)27(25)30(35)38-6-3/h7-21,25-27H,4-6H2,1-3H3. The van der Waals surface area contributed by atoms with Gasteiger partial charge in [0.1, 0.15) is 23.4 Å². The van der Waals surface area contributed by atoms with Gasteiger partial charge in [0.25, 0.3) is 0 Å². The summed E-state index contributed by atoms with van der Waals surface area (Å²) in [5.74, 6) is -4.18. The zero-order chi connectivity index (χ0) is 27.1. The first-order chi connectivity index (χ1) is 18.5. The minimum Gasteiger partial charge on any atom is -0.466 e. The van der Waals surface area contributed by atoms with Gasteiger partial charge in [0, 0.05) is 5.69 Å². The molecule has 3 atom stereocenters. The van der Waals surface area contributed by atoms with Crippen molar-refractivity contribution in [2.24, 2.45) is 11.8 Å². The van der Waals surface area contributed by atoms with Crippen LogP contribution in [-0.2, 0) is 34.1 Å². The first-order valence-electron chi connectivity index (χ1n) is 13.0. The van der Waals surface area contributed by atoms with Crippen molar-refractivity contribution in [2.45, 2.75) is 32.4 Å². The Bertz CT molecular complexity index is 1190. The van der Waals surface area contributed by atoms with E-state index in [4.69, 9.17) is 14.2 Å². The first kappa shape index (κ1) is 26.9. The first-order valence-corrected chi connectivity index (χ1v) is 13.0. The smallest absolute Gasteiger partial charge is 0.329 e. The fraction of sp³-hybridized carbons (Fsp3) is 0.323. The van der Waals surface area contributed by atoms with E-state index < -0.39 is 41.3 Å². The highest BCUT2D eigenvalue weighted by atomic mass is 16.5. The van der Waals surface area contributed by atoms with Crippen LogP contribution in [0.5, 0.6) is 0 Å². The van der Waals surface area contributed by atoms with E-state index in [1.807, 2.05) is 95.9 Å². The molecule has 0 N–H and O–H groups in total. The van der Waals surface area contributed by atoms with Crippen molar-refractivity contribution in [3.63, 3.8) is 0 Å². The van der Waals surface area contributed by atoms with Gasteiger partial charge in [-0.05, 0) is 44.0 Å². The van der Waals surface area contributed by atoms with E-state index in [-0.39, 0.29) is 19.8 Å². The van der Waals surface area contributed by atoms with Crippen LogP contribution in [0.1, 0.15) is 31.9 Å². The molecule has 38 heavy (non-hydrogen) atoms. The van der Waals surface area contributed by atoms with Crippen molar-refractivity contribution < 1.29 is 28.6 Å². The van der Waals surface area contributed by atoms with Gasteiger partial charge in [-0.15, -0.1) is 0 Å². The molecule has 1 saturated heterocycles. The number of ether oxygens (including phenoxy) is 3. The van der Waals surface area contributed by atoms with Gasteiger partial charge >= 0.3 is 17.9 Å². The Morgan fingerprint density at radius 3 is 1.53 bits per heavy atom. The molecule has 0 aliphatic carbocycles. The Morgan fingerprint density at radius 1 is 0.632 bits per heavy atom. The molecule has 1 aliphatic rings. The normalized spacial score (nSPS) is 20.0. The number of carbonyl (C=O) groups is 3. The summed E-state index contributed by atoms with van der Waals surface area (Å²) in [4.78, 5) is 43.4. The number of esters is 3. The predicted molar refractivity (Wildman–Crippen MR) is 143 cm³/mol. The van der Waals surface area contributed by atoms with Crippen molar-refractivity contribution >= 4 is 23.6 Å². The number of hydrogen-bond acceptors (Lipinski definition) is 7. The number of nitrogens with zero attached hydrogens (tertiary/aromatic N) is 1. The SMILES string of the molecule is CCOC(=O)C1C(C(=O)OCC)N(c2ccccc2)C(c2ccccc2)(c2ccccc2)C1C(=O)OCC. The van der Waals surface area contributed by atoms with Gasteiger partial charge < -0.3 is 19.1 Å². The summed E-state index contributed by atoms with van der Waals surface area (Å²) in [6.45, 7) is 5.44. The topological polar surface area (TPSA) is 82.1 Å². The number of para-hydroxylation sites is 1. The summed E-state index contributed by atoms with van der Waals surface area (Å²) in [5, 5.41) is 0. The Labute approximate surface area is 223 Å². The van der Waals surface area contributed by atoms with Gasteiger partial charge in [0.2, 0.25) is 0 Å². The average Bonchev–Trinajstić information content (AvgIpc) is 3.28. The summed E-state index contributed by atoms with van der Waals surface area (Å²) >= 11 is 0. The van der Waals surface area contributed by atoms with Crippen molar-refractivity contribution in [3.8, 4) is 0 Å². The summed E-state index contributed by atoms with van der Waals surface area (Å²) in [6, 6.07) is 27.1. The van der Waals surface area contributed by atoms with Gasteiger partial charge in [0.15, 0.2) is 0 Å². The fourth-order valence-corrected chi connectivity index (χ4v) is 5.65. The summed E-state index contributed by atoms with van der Waals surface area (Å²) < 4.78 is 16.7. The largest absolute Gasteiger partial charge is 0.466 e. The van der Waals surface area contributed by atoms with Crippen molar-refractivity contribution in [1.29, 1.82) is 0 Å². The maximum Gasteiger partial charge on any atom is 0.329 e. The molecule has 0 amide bonds. The van der Waals surface area contributed by atoms with E-state index in [2.05, 4.69) is 0 Å². The molecule has 0 saturated carbocycles. The maximum atomic E-state index is 14.0. The Kier molecular flexibility index (Phi) is 8.46. The molecule has 0 radical (unpaired) electrons. The lowest BCUT2D eigenvalue weighted by molar-refractivity contribution is -0.163. The number of anilines is 1. The zero-order valence-electron chi connectivity index (χ0n) is 21.9. The van der Waals surface area contributed by atoms with E-state index in [1.54, 1.807) is 20.8 Å². The lowest BCUT2D eigenvalue weighted by Crippen LogP contribution is -2.52. The number of carbonyl (C=O) groups excluding carboxylic acids is 3. The number of hydrogen-bond donors (Lipinski definition) is 0. The molecule has 3 aromatic carbocycles. The maximum absolute atomic E-state index is 14.0. The molecule has 0 bridgehead atoms. The molecule has 3 aromatic rings. The minimum absolute atomic E-state index is 0.0927. The van der Waals surface area contributed by atoms with Crippen molar-refractivity contribution in [3.05, 3.63) is 102 Å². The van der Waals surface area contributed by atoms with Crippen LogP contribution >= 0.6 is 0 Å². The molecular weight excluding hydrogens is 482 g/mol. The van der Waals surface area contributed by atoms with Gasteiger partial charge in [0.05, 0.1) is 19.8 Å². The third-order valence-corrected chi connectivity index (χ3v) is 6.90. The predicted octanol–water partition coefficient (Wildman–Crippen LogP) is 4.74. The van der Waals surface area contributed by atoms with Crippen LogP contribution in [0.3, 0.4) is 0 Å². The van der Waals surface area contributed by atoms with Crippen LogP contribution in [-0.4, -0.2) is 43.8 Å². The minimum atomic E-state index is -1.30. The Balaban J connectivity index is 2.17. The van der Waals surface area contributed by atoms with E-state index >= 15 is 0 Å². The third-order valence-electron chi connectivity index (χ3n) is 6.90. The van der Waals surface area contributed by atoms with Crippen LogP contribution in [0.2, 0.25) is 0 Å². The molecule has 7 heteroatoms. The van der Waals surface area contributed by atoms with Crippen LogP contribution in [0.15, 0.2) is 91.0 Å². The molecule has 0 spiro atoms. The van der Waals surface area contributed by atoms with Gasteiger partial charge in [-0.3, -0.25) is 9.59 Å². The van der Waals surface area contributed by atoms with Gasteiger partial charge in [-0.2, -0.15) is 0 Å². The summed E-state index contributed by atoms with van der Waals surface area (Å²) in [6.07, 6.45) is 0. The van der Waals surface area contributed by atoms with Crippen molar-refractivity contribution in [2.75, 3.05) is 24.7 Å². The molecule has 198 valence electrons. The van der Waals surface area contributed by atoms with E-state index in [9.17, 15) is 14.4 Å². The van der Waals surface area contributed by atoms with Crippen LogP contribution in [0.25, 0.3) is 0 Å². The Morgan fingerprint density at radius 2 is 1.05 bits per heavy atom. The summed E-state index contributed by atoms with van der Waals surface area (Å²) in [5.41, 5.74) is 0.813. The highest BCUT2D eigenvalue weighted by Crippen LogP contribution is 2.56. The summed E-state index contributed by atoms with van der Waals surface area (Å²) in [7, 11) is 0. The van der Waals surface area contributed by atoms with E-state index in [0.29, 0.717) is 5.69 Å². The van der Waals surface area contributed by atoms with Crippen LogP contribution in [0.4, 0.5) is 5.69 Å². The molecule has 1 fully saturated rings. The van der Waals surface area contributed by atoms with Crippen molar-refractivity contribution in [1.82, 2.24) is 0 Å².